The van der Waals surface area contributed by atoms with Crippen LogP contribution in [0.4, 0.5) is 0 Å². The molecule has 8 heteroatoms. The Labute approximate surface area is 107 Å². The molecule has 7 nitrogen and oxygen atoms in total. The topological polar surface area (TPSA) is 82.5 Å². The van der Waals surface area contributed by atoms with E-state index in [0.717, 1.165) is 16.1 Å². The minimum Gasteiger partial charge on any atom is -0.340 e. The smallest absolute Gasteiger partial charge is 0.223 e. The number of aromatic nitrogens is 6. The molecule has 0 aliphatic carbocycles. The van der Waals surface area contributed by atoms with E-state index in [1.807, 2.05) is 7.05 Å². The van der Waals surface area contributed by atoms with E-state index >= 15 is 0 Å². The third kappa shape index (κ3) is 1.94. The van der Waals surface area contributed by atoms with Gasteiger partial charge in [-0.25, -0.2) is 9.97 Å². The maximum Gasteiger partial charge on any atom is 0.223 e. The molecule has 3 rings (SSSR count). The minimum absolute atomic E-state index is 0.569. The summed E-state index contributed by atoms with van der Waals surface area (Å²) < 4.78 is 6.64. The van der Waals surface area contributed by atoms with Crippen molar-refractivity contribution in [3.05, 3.63) is 24.2 Å². The third-order valence-electron chi connectivity index (χ3n) is 2.40. The Morgan fingerprint density at radius 1 is 1.39 bits per heavy atom. The number of thioether (sulfide) groups is 1. The van der Waals surface area contributed by atoms with Crippen molar-refractivity contribution in [2.45, 2.75) is 17.7 Å². The zero-order chi connectivity index (χ0) is 12.5. The average molecular weight is 262 g/mol. The first-order valence-corrected chi connectivity index (χ1v) is 6.27. The number of rotatable bonds is 3. The fourth-order valence-corrected chi connectivity index (χ4v) is 2.39. The summed E-state index contributed by atoms with van der Waals surface area (Å²) in [6.07, 6.45) is 3.30. The molecule has 3 aromatic rings. The van der Waals surface area contributed by atoms with E-state index in [1.165, 1.54) is 6.33 Å². The summed E-state index contributed by atoms with van der Waals surface area (Å²) in [5.41, 5.74) is 0.816. The molecule has 3 aromatic heterocycles. The summed E-state index contributed by atoms with van der Waals surface area (Å²) in [6.45, 7) is 1.77. The van der Waals surface area contributed by atoms with Crippen LogP contribution in [-0.2, 0) is 12.8 Å². The average Bonchev–Trinajstić information content (AvgIpc) is 2.94. The van der Waals surface area contributed by atoms with Crippen LogP contribution in [0, 0.1) is 6.92 Å². The molecule has 0 fully saturated rings. The third-order valence-corrected chi connectivity index (χ3v) is 3.40. The largest absolute Gasteiger partial charge is 0.340 e. The molecule has 0 aliphatic rings. The molecule has 0 atom stereocenters. The summed E-state index contributed by atoms with van der Waals surface area (Å²) in [5.74, 6) is 1.84. The lowest BCUT2D eigenvalue weighted by atomic mass is 10.4. The summed E-state index contributed by atoms with van der Waals surface area (Å²) in [7, 11) is 1.85. The van der Waals surface area contributed by atoms with Gasteiger partial charge in [-0.3, -0.25) is 4.68 Å². The lowest BCUT2D eigenvalue weighted by Crippen LogP contribution is -1.93. The molecule has 0 amide bonds. The van der Waals surface area contributed by atoms with E-state index in [1.54, 1.807) is 29.6 Å². The maximum absolute atomic E-state index is 4.92. The molecule has 18 heavy (non-hydrogen) atoms. The number of aryl methyl sites for hydroxylation is 2. The van der Waals surface area contributed by atoms with Gasteiger partial charge in [0.15, 0.2) is 11.5 Å². The van der Waals surface area contributed by atoms with Crippen LogP contribution < -0.4 is 0 Å². The molecular weight excluding hydrogens is 252 g/mol. The van der Waals surface area contributed by atoms with Crippen LogP contribution in [0.15, 0.2) is 22.1 Å². The highest BCUT2D eigenvalue weighted by Gasteiger charge is 2.10. The van der Waals surface area contributed by atoms with Crippen LogP contribution in [0.5, 0.6) is 0 Å². The second-order valence-electron chi connectivity index (χ2n) is 3.70. The highest BCUT2D eigenvalue weighted by Crippen LogP contribution is 2.25. The molecule has 0 aromatic carbocycles. The molecule has 92 valence electrons. The SMILES string of the molecule is Cc1nc(CSc2ncnc3c2cnn3C)no1. The Bertz CT molecular complexity index is 691. The first kappa shape index (κ1) is 11.1. The van der Waals surface area contributed by atoms with E-state index in [4.69, 9.17) is 4.52 Å². The number of nitrogens with zero attached hydrogens (tertiary/aromatic N) is 6. The van der Waals surface area contributed by atoms with Gasteiger partial charge < -0.3 is 4.52 Å². The van der Waals surface area contributed by atoms with Gasteiger partial charge in [-0.15, -0.1) is 0 Å². The van der Waals surface area contributed by atoms with Gasteiger partial charge in [0.05, 0.1) is 17.3 Å². The van der Waals surface area contributed by atoms with Crippen LogP contribution in [-0.4, -0.2) is 29.9 Å². The van der Waals surface area contributed by atoms with Crippen LogP contribution in [0.25, 0.3) is 11.0 Å². The first-order valence-electron chi connectivity index (χ1n) is 5.29. The lowest BCUT2D eigenvalue weighted by Gasteiger charge is -1.99. The number of fused-ring (bicyclic) bond motifs is 1. The van der Waals surface area contributed by atoms with Gasteiger partial charge in [0, 0.05) is 14.0 Å². The Kier molecular flexibility index (Phi) is 2.71. The molecule has 0 unspecified atom stereocenters. The predicted molar refractivity (Wildman–Crippen MR) is 64.9 cm³/mol. The number of hydrogen-bond donors (Lipinski definition) is 0. The van der Waals surface area contributed by atoms with Crippen molar-refractivity contribution in [2.24, 2.45) is 7.05 Å². The van der Waals surface area contributed by atoms with Crippen molar-refractivity contribution in [3.63, 3.8) is 0 Å². The standard InChI is InChI=1S/C10H10N6OS/c1-6-14-8(15-17-6)4-18-10-7-3-13-16(2)9(7)11-5-12-10/h3,5H,4H2,1-2H3. The van der Waals surface area contributed by atoms with Gasteiger partial charge in [0.2, 0.25) is 5.89 Å². The predicted octanol–water partition coefficient (Wildman–Crippen LogP) is 1.35. The van der Waals surface area contributed by atoms with Crippen molar-refractivity contribution in [3.8, 4) is 0 Å². The Hall–Kier alpha value is -1.96. The fourth-order valence-electron chi connectivity index (χ4n) is 1.59. The Morgan fingerprint density at radius 2 is 2.28 bits per heavy atom. The molecule has 0 N–H and O–H groups in total. The van der Waals surface area contributed by atoms with Crippen LogP contribution in [0.1, 0.15) is 11.7 Å². The quantitative estimate of drug-likeness (QED) is 0.520. The molecule has 0 saturated heterocycles. The van der Waals surface area contributed by atoms with Crippen molar-refractivity contribution in [1.82, 2.24) is 29.9 Å². The van der Waals surface area contributed by atoms with Crippen LogP contribution in [0.3, 0.4) is 0 Å². The van der Waals surface area contributed by atoms with Crippen molar-refractivity contribution in [1.29, 1.82) is 0 Å². The molecule has 0 aliphatic heterocycles. The molecule has 0 spiro atoms. The maximum atomic E-state index is 4.92. The van der Waals surface area contributed by atoms with Gasteiger partial charge in [0.25, 0.3) is 0 Å². The normalized spacial score (nSPS) is 11.2. The molecule has 3 heterocycles. The van der Waals surface area contributed by atoms with Gasteiger partial charge in [-0.2, -0.15) is 10.1 Å². The monoisotopic (exact) mass is 262 g/mol. The second-order valence-corrected chi connectivity index (χ2v) is 4.67. The van der Waals surface area contributed by atoms with Gasteiger partial charge >= 0.3 is 0 Å². The first-order chi connectivity index (χ1) is 8.74. The molecule has 0 bridgehead atoms. The zero-order valence-electron chi connectivity index (χ0n) is 9.86. The molecular formula is C10H10N6OS. The van der Waals surface area contributed by atoms with Crippen molar-refractivity contribution in [2.75, 3.05) is 0 Å². The summed E-state index contributed by atoms with van der Waals surface area (Å²) in [6, 6.07) is 0. The van der Waals surface area contributed by atoms with E-state index in [9.17, 15) is 0 Å². The van der Waals surface area contributed by atoms with Crippen LogP contribution in [0.2, 0.25) is 0 Å². The van der Waals surface area contributed by atoms with E-state index in [2.05, 4.69) is 25.2 Å². The Morgan fingerprint density at radius 3 is 3.06 bits per heavy atom. The zero-order valence-corrected chi connectivity index (χ0v) is 10.7. The van der Waals surface area contributed by atoms with Gasteiger partial charge in [-0.05, 0) is 0 Å². The van der Waals surface area contributed by atoms with E-state index in [0.29, 0.717) is 17.5 Å². The van der Waals surface area contributed by atoms with Crippen molar-refractivity contribution < 1.29 is 4.52 Å². The van der Waals surface area contributed by atoms with E-state index < -0.39 is 0 Å². The Balaban J connectivity index is 1.86. The highest BCUT2D eigenvalue weighted by molar-refractivity contribution is 7.98. The summed E-state index contributed by atoms with van der Waals surface area (Å²) in [5, 5.41) is 9.82. The van der Waals surface area contributed by atoms with Gasteiger partial charge in [0.1, 0.15) is 11.4 Å². The number of hydrogen-bond acceptors (Lipinski definition) is 7. The summed E-state index contributed by atoms with van der Waals surface area (Å²) >= 11 is 1.54. The fraction of sp³-hybridized carbons (Fsp3) is 0.300. The van der Waals surface area contributed by atoms with Crippen LogP contribution >= 0.6 is 11.8 Å². The highest BCUT2D eigenvalue weighted by atomic mass is 32.2. The summed E-state index contributed by atoms with van der Waals surface area (Å²) in [4.78, 5) is 12.6. The minimum atomic E-state index is 0.569. The molecule has 0 radical (unpaired) electrons. The van der Waals surface area contributed by atoms with E-state index in [-0.39, 0.29) is 0 Å². The van der Waals surface area contributed by atoms with Gasteiger partial charge in [-0.1, -0.05) is 16.9 Å². The van der Waals surface area contributed by atoms with Crippen molar-refractivity contribution >= 4 is 22.8 Å². The molecule has 0 saturated carbocycles. The second kappa shape index (κ2) is 4.37. The lowest BCUT2D eigenvalue weighted by molar-refractivity contribution is 0.389.